The predicted octanol–water partition coefficient (Wildman–Crippen LogP) is 5.85. The van der Waals surface area contributed by atoms with Crippen LogP contribution in [-0.2, 0) is 11.2 Å². The van der Waals surface area contributed by atoms with Gasteiger partial charge in [-0.1, -0.05) is 6.92 Å². The zero-order valence-electron chi connectivity index (χ0n) is 23.3. The quantitative estimate of drug-likeness (QED) is 0.211. The van der Waals surface area contributed by atoms with Gasteiger partial charge in [-0.15, -0.1) is 0 Å². The highest BCUT2D eigenvalue weighted by Gasteiger charge is 2.22. The van der Waals surface area contributed by atoms with E-state index < -0.39 is 11.9 Å². The van der Waals surface area contributed by atoms with E-state index in [9.17, 15) is 19.8 Å². The fourth-order valence-corrected chi connectivity index (χ4v) is 4.90. The Morgan fingerprint density at radius 1 is 0.929 bits per heavy atom. The molecule has 0 fully saturated rings. The zero-order chi connectivity index (χ0) is 29.8. The molecule has 1 aromatic heterocycles. The fourth-order valence-electron chi connectivity index (χ4n) is 4.90. The molecule has 0 spiro atoms. The monoisotopic (exact) mass is 571 g/mol. The van der Waals surface area contributed by atoms with Gasteiger partial charge in [-0.25, -0.2) is 9.59 Å². The summed E-state index contributed by atoms with van der Waals surface area (Å²) in [5.74, 6) is 0.286. The molecular weight excluding hydrogens is 542 g/mol. The normalized spacial score (nSPS) is 12.3. The molecule has 10 heteroatoms. The molecule has 3 aromatic carbocycles. The Balaban J connectivity index is 1.71. The third-order valence-corrected chi connectivity index (χ3v) is 6.88. The van der Waals surface area contributed by atoms with Crippen LogP contribution in [0.2, 0.25) is 0 Å². The number of methoxy groups -OCH3 is 2. The summed E-state index contributed by atoms with van der Waals surface area (Å²) < 4.78 is 28.1. The smallest absolute Gasteiger partial charge is 0.335 e. The number of hydrogen-bond donors (Lipinski definition) is 2. The van der Waals surface area contributed by atoms with Crippen molar-refractivity contribution in [3.05, 3.63) is 77.1 Å². The van der Waals surface area contributed by atoms with Gasteiger partial charge >= 0.3 is 11.9 Å². The van der Waals surface area contributed by atoms with Crippen LogP contribution >= 0.6 is 0 Å². The van der Waals surface area contributed by atoms with Gasteiger partial charge in [-0.3, -0.25) is 4.98 Å². The molecule has 0 unspecified atom stereocenters. The predicted molar refractivity (Wildman–Crippen MR) is 155 cm³/mol. The molecule has 0 atom stereocenters. The van der Waals surface area contributed by atoms with Gasteiger partial charge in [0.05, 0.1) is 32.6 Å². The average molecular weight is 572 g/mol. The van der Waals surface area contributed by atoms with Crippen molar-refractivity contribution >= 4 is 28.8 Å². The molecule has 2 heterocycles. The molecule has 216 valence electrons. The Labute approximate surface area is 241 Å². The molecule has 2 N–H and O–H groups in total. The summed E-state index contributed by atoms with van der Waals surface area (Å²) in [4.78, 5) is 28.8. The first-order valence-corrected chi connectivity index (χ1v) is 13.2. The first-order valence-electron chi connectivity index (χ1n) is 13.2. The number of hydrogen-bond acceptors (Lipinski definition) is 8. The fraction of sp³-hybridized carbons (Fsp3) is 0.219. The van der Waals surface area contributed by atoms with Crippen LogP contribution in [0.4, 0.5) is 0 Å². The van der Waals surface area contributed by atoms with Crippen molar-refractivity contribution in [2.75, 3.05) is 27.6 Å². The van der Waals surface area contributed by atoms with Crippen molar-refractivity contribution in [1.82, 2.24) is 4.98 Å². The summed E-state index contributed by atoms with van der Waals surface area (Å²) >= 11 is 0. The first kappa shape index (κ1) is 28.3. The third kappa shape index (κ3) is 5.51. The maximum absolute atomic E-state index is 12.6. The highest BCUT2D eigenvalue weighted by atomic mass is 16.7. The Morgan fingerprint density at radius 3 is 2.38 bits per heavy atom. The van der Waals surface area contributed by atoms with E-state index >= 15 is 0 Å². The number of rotatable bonds is 11. The molecule has 1 aliphatic heterocycles. The lowest BCUT2D eigenvalue weighted by molar-refractivity contribution is -0.132. The maximum atomic E-state index is 12.6. The van der Waals surface area contributed by atoms with Gasteiger partial charge in [0.15, 0.2) is 11.5 Å². The van der Waals surface area contributed by atoms with Crippen LogP contribution in [0.5, 0.6) is 28.7 Å². The average Bonchev–Trinajstić information content (AvgIpc) is 3.45. The number of carboxylic acids is 2. The number of aromatic carboxylic acids is 1. The van der Waals surface area contributed by atoms with E-state index in [-0.39, 0.29) is 24.4 Å². The Morgan fingerprint density at radius 2 is 1.69 bits per heavy atom. The van der Waals surface area contributed by atoms with E-state index in [4.69, 9.17) is 23.7 Å². The van der Waals surface area contributed by atoms with Crippen LogP contribution in [0.1, 0.15) is 34.8 Å². The van der Waals surface area contributed by atoms with Crippen molar-refractivity contribution < 1.29 is 43.5 Å². The van der Waals surface area contributed by atoms with Crippen molar-refractivity contribution in [1.29, 1.82) is 0 Å². The Bertz CT molecular complexity index is 1710. The molecule has 0 aliphatic carbocycles. The van der Waals surface area contributed by atoms with Gasteiger partial charge in [0, 0.05) is 46.3 Å². The molecule has 4 aromatic rings. The summed E-state index contributed by atoms with van der Waals surface area (Å²) in [7, 11) is 3.04. The number of carbonyl (C=O) groups is 2. The number of ether oxygens (including phenoxy) is 5. The number of fused-ring (bicyclic) bond motifs is 2. The number of aliphatic carboxylic acids is 1. The minimum Gasteiger partial charge on any atom is -0.496 e. The summed E-state index contributed by atoms with van der Waals surface area (Å²) in [6.45, 7) is 2.44. The minimum atomic E-state index is -1.13. The lowest BCUT2D eigenvalue weighted by Crippen LogP contribution is -2.06. The molecule has 10 nitrogen and oxygen atoms in total. The minimum absolute atomic E-state index is 0.0150. The van der Waals surface area contributed by atoms with E-state index in [1.807, 2.05) is 6.92 Å². The molecule has 0 saturated heterocycles. The standard InChI is InChI=1S/C32H29NO9/c1-4-9-40-29-16-33-15-21(11-20(32(36)37)10-19-13-27-28(42-17-41-27)14-26(19)39-3)30(29)23-7-8-25(38-2)22-6-5-18(31(34)35)12-24(22)23/h5-8,11-16H,4,9-10,17H2,1-3H3,(H,34,35)(H,36,37)/b20-11+. The van der Waals surface area contributed by atoms with Crippen LogP contribution < -0.4 is 23.7 Å². The van der Waals surface area contributed by atoms with E-state index in [0.717, 1.165) is 6.42 Å². The second-order valence-electron chi connectivity index (χ2n) is 9.50. The molecule has 0 saturated carbocycles. The first-order chi connectivity index (χ1) is 20.3. The van der Waals surface area contributed by atoms with Crippen molar-refractivity contribution in [3.8, 4) is 39.9 Å². The maximum Gasteiger partial charge on any atom is 0.335 e. The molecular formula is C32H29NO9. The number of aromatic nitrogens is 1. The summed E-state index contributed by atoms with van der Waals surface area (Å²) in [6, 6.07) is 11.8. The van der Waals surface area contributed by atoms with Crippen LogP contribution in [0.25, 0.3) is 28.0 Å². The molecule has 0 bridgehead atoms. The van der Waals surface area contributed by atoms with E-state index in [2.05, 4.69) is 4.98 Å². The topological polar surface area (TPSA) is 134 Å². The van der Waals surface area contributed by atoms with Gasteiger partial charge < -0.3 is 33.9 Å². The second-order valence-corrected chi connectivity index (χ2v) is 9.50. The van der Waals surface area contributed by atoms with Crippen molar-refractivity contribution in [2.45, 2.75) is 19.8 Å². The highest BCUT2D eigenvalue weighted by molar-refractivity contribution is 6.06. The number of benzene rings is 3. The number of carboxylic acid groups (broad SMARTS) is 2. The van der Waals surface area contributed by atoms with Crippen LogP contribution in [-0.4, -0.2) is 54.8 Å². The van der Waals surface area contributed by atoms with Crippen LogP contribution in [0, 0.1) is 0 Å². The molecule has 0 radical (unpaired) electrons. The molecule has 1 aliphatic rings. The third-order valence-electron chi connectivity index (χ3n) is 6.88. The Kier molecular flexibility index (Phi) is 8.14. The van der Waals surface area contributed by atoms with E-state index in [1.54, 1.807) is 62.0 Å². The highest BCUT2D eigenvalue weighted by Crippen LogP contribution is 2.42. The van der Waals surface area contributed by atoms with Crippen molar-refractivity contribution in [2.24, 2.45) is 0 Å². The van der Waals surface area contributed by atoms with Gasteiger partial charge in [0.2, 0.25) is 6.79 Å². The summed E-state index contributed by atoms with van der Waals surface area (Å²) in [6.07, 6.45) is 5.42. The largest absolute Gasteiger partial charge is 0.496 e. The zero-order valence-corrected chi connectivity index (χ0v) is 23.3. The van der Waals surface area contributed by atoms with Crippen LogP contribution in [0.3, 0.4) is 0 Å². The SMILES string of the molecule is CCCOc1cncc(/C=C(\Cc2cc3c(cc2OC)OCO3)C(=O)O)c1-c1ccc(OC)c2ccc(C(=O)O)cc12. The van der Waals surface area contributed by atoms with E-state index in [1.165, 1.54) is 13.2 Å². The lowest BCUT2D eigenvalue weighted by Gasteiger charge is -2.18. The van der Waals surface area contributed by atoms with Crippen molar-refractivity contribution in [3.63, 3.8) is 0 Å². The van der Waals surface area contributed by atoms with Gasteiger partial charge in [-0.2, -0.15) is 0 Å². The van der Waals surface area contributed by atoms with Gasteiger partial charge in [-0.05, 0) is 59.8 Å². The number of pyridine rings is 1. The Hall–Kier alpha value is -5.25. The summed E-state index contributed by atoms with van der Waals surface area (Å²) in [5.41, 5.74) is 2.45. The summed E-state index contributed by atoms with van der Waals surface area (Å²) in [5, 5.41) is 21.3. The number of nitrogens with zero attached hydrogens (tertiary/aromatic N) is 1. The van der Waals surface area contributed by atoms with Gasteiger partial charge in [0.1, 0.15) is 17.2 Å². The van der Waals surface area contributed by atoms with Gasteiger partial charge in [0.25, 0.3) is 0 Å². The van der Waals surface area contributed by atoms with Crippen LogP contribution in [0.15, 0.2) is 60.4 Å². The molecule has 0 amide bonds. The molecule has 5 rings (SSSR count). The van der Waals surface area contributed by atoms with E-state index in [0.29, 0.717) is 68.4 Å². The lowest BCUT2D eigenvalue weighted by atomic mass is 9.92. The second kappa shape index (κ2) is 12.1. The molecule has 42 heavy (non-hydrogen) atoms.